The van der Waals surface area contributed by atoms with Crippen LogP contribution in [0.3, 0.4) is 0 Å². The van der Waals surface area contributed by atoms with E-state index in [1.165, 1.54) is 0 Å². The molecule has 1 saturated heterocycles. The number of rotatable bonds is 2. The zero-order valence-corrected chi connectivity index (χ0v) is 12.1. The van der Waals surface area contributed by atoms with Crippen LogP contribution in [-0.4, -0.2) is 40.9 Å². The summed E-state index contributed by atoms with van der Waals surface area (Å²) in [5.74, 6) is 0.322. The van der Waals surface area contributed by atoms with Gasteiger partial charge in [0.05, 0.1) is 6.10 Å². The van der Waals surface area contributed by atoms with Gasteiger partial charge in [-0.05, 0) is 52.4 Å². The lowest BCUT2D eigenvalue weighted by Gasteiger charge is -2.26. The Kier molecular flexibility index (Phi) is 5.45. The lowest BCUT2D eigenvalue weighted by Crippen LogP contribution is -2.37. The van der Waals surface area contributed by atoms with E-state index in [1.54, 1.807) is 4.90 Å². The van der Waals surface area contributed by atoms with E-state index in [0.29, 0.717) is 12.5 Å². The maximum Gasteiger partial charge on any atom is 0.410 e. The maximum absolute atomic E-state index is 12.0. The van der Waals surface area contributed by atoms with Crippen molar-refractivity contribution in [2.75, 3.05) is 13.1 Å². The number of ether oxygens (including phenoxy) is 1. The molecular formula is C14H27NO3. The average molecular weight is 257 g/mol. The number of amides is 1. The molecule has 0 aromatic rings. The first kappa shape index (κ1) is 15.3. The molecule has 0 spiro atoms. The third-order valence-corrected chi connectivity index (χ3v) is 3.39. The third kappa shape index (κ3) is 4.84. The molecule has 0 radical (unpaired) electrons. The van der Waals surface area contributed by atoms with Crippen molar-refractivity contribution in [1.29, 1.82) is 0 Å². The molecule has 0 saturated carbocycles. The number of hydrogen-bond donors (Lipinski definition) is 1. The Balaban J connectivity index is 2.49. The predicted octanol–water partition coefficient (Wildman–Crippen LogP) is 2.79. The second-order valence-electron chi connectivity index (χ2n) is 6.13. The van der Waals surface area contributed by atoms with Gasteiger partial charge in [-0.25, -0.2) is 4.79 Å². The molecule has 18 heavy (non-hydrogen) atoms. The Bertz CT molecular complexity index is 273. The minimum Gasteiger partial charge on any atom is -0.444 e. The highest BCUT2D eigenvalue weighted by molar-refractivity contribution is 5.68. The summed E-state index contributed by atoms with van der Waals surface area (Å²) in [5, 5.41) is 9.88. The fourth-order valence-electron chi connectivity index (χ4n) is 2.35. The molecule has 106 valence electrons. The van der Waals surface area contributed by atoms with Crippen LogP contribution in [-0.2, 0) is 4.74 Å². The molecule has 4 heteroatoms. The van der Waals surface area contributed by atoms with Crippen LogP contribution in [0.1, 0.15) is 53.4 Å². The van der Waals surface area contributed by atoms with Crippen molar-refractivity contribution in [3.63, 3.8) is 0 Å². The standard InChI is InChI=1S/C14H27NO3/c1-5-12(16)11-7-6-9-15(10-8-11)13(17)18-14(2,3)4/h11-12,16H,5-10H2,1-4H3. The molecule has 1 heterocycles. The highest BCUT2D eigenvalue weighted by Gasteiger charge is 2.27. The first-order valence-electron chi connectivity index (χ1n) is 6.99. The van der Waals surface area contributed by atoms with Crippen molar-refractivity contribution in [3.05, 3.63) is 0 Å². The van der Waals surface area contributed by atoms with Gasteiger partial charge in [0.1, 0.15) is 5.60 Å². The van der Waals surface area contributed by atoms with Crippen LogP contribution in [0.4, 0.5) is 4.79 Å². The Morgan fingerprint density at radius 2 is 2.06 bits per heavy atom. The van der Waals surface area contributed by atoms with E-state index in [2.05, 4.69) is 0 Å². The van der Waals surface area contributed by atoms with Gasteiger partial charge in [0.25, 0.3) is 0 Å². The predicted molar refractivity (Wildman–Crippen MR) is 71.4 cm³/mol. The summed E-state index contributed by atoms with van der Waals surface area (Å²) in [6.07, 6.45) is 3.14. The smallest absolute Gasteiger partial charge is 0.410 e. The summed E-state index contributed by atoms with van der Waals surface area (Å²) in [4.78, 5) is 13.7. The van der Waals surface area contributed by atoms with E-state index >= 15 is 0 Å². The second-order valence-corrected chi connectivity index (χ2v) is 6.13. The van der Waals surface area contributed by atoms with Gasteiger partial charge in [-0.15, -0.1) is 0 Å². The minimum absolute atomic E-state index is 0.228. The van der Waals surface area contributed by atoms with Crippen molar-refractivity contribution in [3.8, 4) is 0 Å². The minimum atomic E-state index is -0.439. The van der Waals surface area contributed by atoms with E-state index in [4.69, 9.17) is 4.74 Å². The molecule has 2 atom stereocenters. The van der Waals surface area contributed by atoms with Gasteiger partial charge in [0, 0.05) is 13.1 Å². The van der Waals surface area contributed by atoms with Crippen molar-refractivity contribution >= 4 is 6.09 Å². The molecule has 2 unspecified atom stereocenters. The molecule has 1 N–H and O–H groups in total. The van der Waals surface area contributed by atoms with Gasteiger partial charge < -0.3 is 14.7 Å². The van der Waals surface area contributed by atoms with Crippen LogP contribution in [0.25, 0.3) is 0 Å². The van der Waals surface area contributed by atoms with Crippen LogP contribution in [0, 0.1) is 5.92 Å². The average Bonchev–Trinajstić information content (AvgIpc) is 2.51. The first-order valence-corrected chi connectivity index (χ1v) is 6.99. The van der Waals surface area contributed by atoms with E-state index in [1.807, 2.05) is 27.7 Å². The highest BCUT2D eigenvalue weighted by Crippen LogP contribution is 2.23. The van der Waals surface area contributed by atoms with Gasteiger partial charge in [-0.3, -0.25) is 0 Å². The van der Waals surface area contributed by atoms with Crippen LogP contribution < -0.4 is 0 Å². The monoisotopic (exact) mass is 257 g/mol. The van der Waals surface area contributed by atoms with Gasteiger partial charge in [0.15, 0.2) is 0 Å². The fraction of sp³-hybridized carbons (Fsp3) is 0.929. The highest BCUT2D eigenvalue weighted by atomic mass is 16.6. The quantitative estimate of drug-likeness (QED) is 0.827. The first-order chi connectivity index (χ1) is 8.33. The number of hydrogen-bond acceptors (Lipinski definition) is 3. The molecule has 1 amide bonds. The number of nitrogens with zero attached hydrogens (tertiary/aromatic N) is 1. The summed E-state index contributed by atoms with van der Waals surface area (Å²) >= 11 is 0. The summed E-state index contributed by atoms with van der Waals surface area (Å²) in [6.45, 7) is 9.07. The van der Waals surface area contributed by atoms with Crippen molar-refractivity contribution in [1.82, 2.24) is 4.90 Å². The summed E-state index contributed by atoms with van der Waals surface area (Å²) in [5.41, 5.74) is -0.439. The second kappa shape index (κ2) is 6.41. The van der Waals surface area contributed by atoms with Crippen LogP contribution in [0.2, 0.25) is 0 Å². The van der Waals surface area contributed by atoms with E-state index in [0.717, 1.165) is 32.2 Å². The van der Waals surface area contributed by atoms with Crippen molar-refractivity contribution in [2.24, 2.45) is 5.92 Å². The molecule has 1 aliphatic rings. The number of carbonyl (C=O) groups is 1. The summed E-state index contributed by atoms with van der Waals surface area (Å²) in [7, 11) is 0. The molecule has 1 rings (SSSR count). The Morgan fingerprint density at radius 1 is 1.39 bits per heavy atom. The Hall–Kier alpha value is -0.770. The number of aliphatic hydroxyl groups is 1. The molecule has 0 bridgehead atoms. The lowest BCUT2D eigenvalue weighted by molar-refractivity contribution is 0.0247. The molecular weight excluding hydrogens is 230 g/mol. The Morgan fingerprint density at radius 3 is 2.61 bits per heavy atom. The molecule has 4 nitrogen and oxygen atoms in total. The molecule has 0 aromatic heterocycles. The van der Waals surface area contributed by atoms with E-state index < -0.39 is 5.60 Å². The molecule has 1 aliphatic heterocycles. The molecule has 0 aromatic carbocycles. The van der Waals surface area contributed by atoms with Crippen molar-refractivity contribution < 1.29 is 14.6 Å². The number of aliphatic hydroxyl groups excluding tert-OH is 1. The summed E-state index contributed by atoms with van der Waals surface area (Å²) in [6, 6.07) is 0. The zero-order chi connectivity index (χ0) is 13.8. The fourth-order valence-corrected chi connectivity index (χ4v) is 2.35. The molecule has 0 aliphatic carbocycles. The normalized spacial score (nSPS) is 23.4. The zero-order valence-electron chi connectivity index (χ0n) is 12.1. The third-order valence-electron chi connectivity index (χ3n) is 3.39. The van der Waals surface area contributed by atoms with Crippen LogP contribution in [0.15, 0.2) is 0 Å². The van der Waals surface area contributed by atoms with Gasteiger partial charge in [-0.2, -0.15) is 0 Å². The largest absolute Gasteiger partial charge is 0.444 e. The molecule has 1 fully saturated rings. The van der Waals surface area contributed by atoms with Gasteiger partial charge in [0.2, 0.25) is 0 Å². The number of likely N-dealkylation sites (tertiary alicyclic amines) is 1. The Labute approximate surface area is 110 Å². The van der Waals surface area contributed by atoms with Gasteiger partial charge >= 0.3 is 6.09 Å². The number of carbonyl (C=O) groups excluding carboxylic acids is 1. The van der Waals surface area contributed by atoms with Gasteiger partial charge in [-0.1, -0.05) is 6.92 Å². The maximum atomic E-state index is 12.0. The van der Waals surface area contributed by atoms with Crippen molar-refractivity contribution in [2.45, 2.75) is 65.1 Å². The SMILES string of the molecule is CCC(O)C1CCCN(C(=O)OC(C)(C)C)CC1. The van der Waals surface area contributed by atoms with E-state index in [9.17, 15) is 9.90 Å². The van der Waals surface area contributed by atoms with Crippen LogP contribution in [0.5, 0.6) is 0 Å². The van der Waals surface area contributed by atoms with Crippen LogP contribution >= 0.6 is 0 Å². The summed E-state index contributed by atoms with van der Waals surface area (Å²) < 4.78 is 5.38. The van der Waals surface area contributed by atoms with E-state index in [-0.39, 0.29) is 12.2 Å². The topological polar surface area (TPSA) is 49.8 Å². The lowest BCUT2D eigenvalue weighted by atomic mass is 9.93.